The Bertz CT molecular complexity index is 629. The van der Waals surface area contributed by atoms with Gasteiger partial charge in [0.05, 0.1) is 12.3 Å². The summed E-state index contributed by atoms with van der Waals surface area (Å²) >= 11 is 0. The van der Waals surface area contributed by atoms with Gasteiger partial charge in [-0.2, -0.15) is 5.10 Å². The van der Waals surface area contributed by atoms with Crippen molar-refractivity contribution < 1.29 is 9.59 Å². The van der Waals surface area contributed by atoms with E-state index in [-0.39, 0.29) is 24.7 Å². The molecule has 1 aromatic rings. The molecule has 3 rings (SSSR count). The van der Waals surface area contributed by atoms with Gasteiger partial charge in [-0.15, -0.1) is 0 Å². The van der Waals surface area contributed by atoms with E-state index >= 15 is 0 Å². The quantitative estimate of drug-likeness (QED) is 0.904. The third-order valence-corrected chi connectivity index (χ3v) is 4.47. The van der Waals surface area contributed by atoms with E-state index in [4.69, 9.17) is 0 Å². The van der Waals surface area contributed by atoms with E-state index in [1.54, 1.807) is 0 Å². The highest BCUT2D eigenvalue weighted by molar-refractivity contribution is 6.02. The fraction of sp³-hybridized carbons (Fsp3) is 0.500. The summed E-state index contributed by atoms with van der Waals surface area (Å²) in [5, 5.41) is 9.25. The van der Waals surface area contributed by atoms with Crippen LogP contribution in [0.4, 0.5) is 0 Å². The van der Waals surface area contributed by atoms with Crippen LogP contribution in [0.5, 0.6) is 0 Å². The zero-order chi connectivity index (χ0) is 16.9. The summed E-state index contributed by atoms with van der Waals surface area (Å²) in [5.41, 5.74) is 1.99. The lowest BCUT2D eigenvalue weighted by molar-refractivity contribution is -0.137. The minimum absolute atomic E-state index is 0.0585. The molecule has 2 aliphatic heterocycles. The molecule has 0 aromatic heterocycles. The standard InChI is InChI=1S/C18H24N4O2/c1-14-13-21(12-10-19-14)17(23)7-8-18(24)22-11-9-16(20-22)15-5-3-2-4-6-15/h2-6,14,19H,7-13H2,1H3/t14-/m1/s1. The molecule has 2 heterocycles. The molecule has 1 N–H and O–H groups in total. The number of nitrogens with one attached hydrogen (secondary N) is 1. The lowest BCUT2D eigenvalue weighted by Gasteiger charge is -2.32. The normalized spacial score (nSPS) is 20.9. The second-order valence-electron chi connectivity index (χ2n) is 6.37. The average Bonchev–Trinajstić information content (AvgIpc) is 3.10. The summed E-state index contributed by atoms with van der Waals surface area (Å²) in [6.07, 6.45) is 1.25. The molecule has 0 aliphatic carbocycles. The first-order chi connectivity index (χ1) is 11.6. The lowest BCUT2D eigenvalue weighted by Crippen LogP contribution is -2.51. The number of hydrazone groups is 1. The van der Waals surface area contributed by atoms with Gasteiger partial charge < -0.3 is 10.2 Å². The fourth-order valence-corrected chi connectivity index (χ4v) is 3.13. The average molecular weight is 328 g/mol. The predicted octanol–water partition coefficient (Wildman–Crippen LogP) is 1.22. The second-order valence-corrected chi connectivity index (χ2v) is 6.37. The van der Waals surface area contributed by atoms with Gasteiger partial charge >= 0.3 is 0 Å². The number of carbonyl (C=O) groups excluding carboxylic acids is 2. The van der Waals surface area contributed by atoms with Crippen molar-refractivity contribution in [2.45, 2.75) is 32.2 Å². The number of piperazine rings is 1. The van der Waals surface area contributed by atoms with Crippen molar-refractivity contribution in [3.8, 4) is 0 Å². The van der Waals surface area contributed by atoms with Crippen LogP contribution in [-0.4, -0.2) is 59.7 Å². The van der Waals surface area contributed by atoms with Crippen molar-refractivity contribution in [1.29, 1.82) is 0 Å². The smallest absolute Gasteiger partial charge is 0.243 e. The van der Waals surface area contributed by atoms with E-state index in [1.807, 2.05) is 35.2 Å². The van der Waals surface area contributed by atoms with Crippen LogP contribution in [0.25, 0.3) is 0 Å². The van der Waals surface area contributed by atoms with Crippen molar-refractivity contribution in [2.24, 2.45) is 5.10 Å². The first-order valence-electron chi connectivity index (χ1n) is 8.58. The molecule has 2 amide bonds. The first kappa shape index (κ1) is 16.6. The number of amides is 2. The largest absolute Gasteiger partial charge is 0.340 e. The minimum Gasteiger partial charge on any atom is -0.340 e. The van der Waals surface area contributed by atoms with E-state index < -0.39 is 0 Å². The van der Waals surface area contributed by atoms with Crippen LogP contribution in [0.2, 0.25) is 0 Å². The number of benzene rings is 1. The Kier molecular flexibility index (Phi) is 5.25. The topological polar surface area (TPSA) is 65.0 Å². The molecule has 1 saturated heterocycles. The molecule has 6 heteroatoms. The van der Waals surface area contributed by atoms with Gasteiger partial charge in [0, 0.05) is 44.9 Å². The molecule has 1 atom stereocenters. The highest BCUT2D eigenvalue weighted by Crippen LogP contribution is 2.15. The Hall–Kier alpha value is -2.21. The number of hydrogen-bond donors (Lipinski definition) is 1. The maximum Gasteiger partial charge on any atom is 0.243 e. The molecule has 128 valence electrons. The van der Waals surface area contributed by atoms with Gasteiger partial charge in [-0.25, -0.2) is 5.01 Å². The van der Waals surface area contributed by atoms with Crippen LogP contribution >= 0.6 is 0 Å². The summed E-state index contributed by atoms with van der Waals surface area (Å²) in [6, 6.07) is 10.2. The molecule has 1 aromatic carbocycles. The van der Waals surface area contributed by atoms with E-state index in [9.17, 15) is 9.59 Å². The Balaban J connectivity index is 1.51. The molecule has 0 unspecified atom stereocenters. The number of rotatable bonds is 4. The van der Waals surface area contributed by atoms with Gasteiger partial charge in [0.2, 0.25) is 11.8 Å². The fourth-order valence-electron chi connectivity index (χ4n) is 3.13. The Morgan fingerprint density at radius 1 is 1.17 bits per heavy atom. The van der Waals surface area contributed by atoms with Gasteiger partial charge in [0.25, 0.3) is 0 Å². The number of carbonyl (C=O) groups is 2. The van der Waals surface area contributed by atoms with E-state index in [1.165, 1.54) is 5.01 Å². The molecule has 24 heavy (non-hydrogen) atoms. The van der Waals surface area contributed by atoms with E-state index in [0.29, 0.717) is 19.1 Å². The maximum atomic E-state index is 12.3. The zero-order valence-electron chi connectivity index (χ0n) is 14.1. The Labute approximate surface area is 142 Å². The highest BCUT2D eigenvalue weighted by atomic mass is 16.2. The first-order valence-corrected chi connectivity index (χ1v) is 8.58. The van der Waals surface area contributed by atoms with Crippen molar-refractivity contribution in [3.63, 3.8) is 0 Å². The lowest BCUT2D eigenvalue weighted by atomic mass is 10.1. The van der Waals surface area contributed by atoms with Gasteiger partial charge in [-0.1, -0.05) is 30.3 Å². The molecule has 0 spiro atoms. The van der Waals surface area contributed by atoms with Crippen LogP contribution in [0.15, 0.2) is 35.4 Å². The summed E-state index contributed by atoms with van der Waals surface area (Å²) < 4.78 is 0. The van der Waals surface area contributed by atoms with Crippen LogP contribution in [0.3, 0.4) is 0 Å². The zero-order valence-corrected chi connectivity index (χ0v) is 14.1. The van der Waals surface area contributed by atoms with Gasteiger partial charge in [0.1, 0.15) is 0 Å². The third-order valence-electron chi connectivity index (χ3n) is 4.47. The van der Waals surface area contributed by atoms with Crippen LogP contribution in [0.1, 0.15) is 31.7 Å². The van der Waals surface area contributed by atoms with Gasteiger partial charge in [-0.3, -0.25) is 9.59 Å². The van der Waals surface area contributed by atoms with Crippen LogP contribution in [-0.2, 0) is 9.59 Å². The summed E-state index contributed by atoms with van der Waals surface area (Å²) in [5.74, 6) is -0.0133. The van der Waals surface area contributed by atoms with Crippen molar-refractivity contribution >= 4 is 17.5 Å². The SMILES string of the molecule is C[C@@H]1CN(C(=O)CCC(=O)N2CCC(c3ccccc3)=N2)CCN1. The summed E-state index contributed by atoms with van der Waals surface area (Å²) in [4.78, 5) is 26.4. The number of hydrogen-bond acceptors (Lipinski definition) is 4. The molecule has 1 fully saturated rings. The van der Waals surface area contributed by atoms with Crippen molar-refractivity contribution in [3.05, 3.63) is 35.9 Å². The molecule has 6 nitrogen and oxygen atoms in total. The Morgan fingerprint density at radius 2 is 1.92 bits per heavy atom. The van der Waals surface area contributed by atoms with Crippen molar-refractivity contribution in [1.82, 2.24) is 15.2 Å². The Morgan fingerprint density at radius 3 is 2.67 bits per heavy atom. The van der Waals surface area contributed by atoms with Gasteiger partial charge in [0.15, 0.2) is 0 Å². The van der Waals surface area contributed by atoms with E-state index in [2.05, 4.69) is 17.3 Å². The monoisotopic (exact) mass is 328 g/mol. The molecular formula is C18H24N4O2. The minimum atomic E-state index is -0.0718. The van der Waals surface area contributed by atoms with Crippen molar-refractivity contribution in [2.75, 3.05) is 26.2 Å². The highest BCUT2D eigenvalue weighted by Gasteiger charge is 2.24. The predicted molar refractivity (Wildman–Crippen MR) is 92.6 cm³/mol. The maximum absolute atomic E-state index is 12.3. The van der Waals surface area contributed by atoms with Gasteiger partial charge in [-0.05, 0) is 12.5 Å². The summed E-state index contributed by atoms with van der Waals surface area (Å²) in [6.45, 7) is 4.92. The molecule has 0 bridgehead atoms. The molecule has 2 aliphatic rings. The molecule has 0 saturated carbocycles. The van der Waals surface area contributed by atoms with Crippen LogP contribution in [0, 0.1) is 0 Å². The molecule has 0 radical (unpaired) electrons. The summed E-state index contributed by atoms with van der Waals surface area (Å²) in [7, 11) is 0. The number of nitrogens with zero attached hydrogens (tertiary/aromatic N) is 3. The molecular weight excluding hydrogens is 304 g/mol. The third kappa shape index (κ3) is 4.00. The second kappa shape index (κ2) is 7.57. The van der Waals surface area contributed by atoms with E-state index in [0.717, 1.165) is 30.8 Å². The van der Waals surface area contributed by atoms with Crippen LogP contribution < -0.4 is 5.32 Å².